The summed E-state index contributed by atoms with van der Waals surface area (Å²) in [4.78, 5) is 46.4. The Balaban J connectivity index is 1.53. The molecule has 0 bridgehead atoms. The number of ketones is 2. The number of anilines is 1. The topological polar surface area (TPSA) is 94.2 Å². The molecule has 1 fully saturated rings. The number of carbonyl (C=O) groups is 3. The van der Waals surface area contributed by atoms with E-state index in [0.29, 0.717) is 34.1 Å². The average Bonchev–Trinajstić information content (AvgIpc) is 3.55. The van der Waals surface area contributed by atoms with E-state index < -0.39 is 23.4 Å². The van der Waals surface area contributed by atoms with Crippen molar-refractivity contribution >= 4 is 29.2 Å². The molecular weight excluding hydrogens is 556 g/mol. The zero-order valence-electron chi connectivity index (χ0n) is 24.4. The first kappa shape index (κ1) is 27.5. The predicted octanol–water partition coefficient (Wildman–Crippen LogP) is 5.69. The van der Waals surface area contributed by atoms with Crippen LogP contribution in [0.25, 0.3) is 6.08 Å². The second-order valence-corrected chi connectivity index (χ2v) is 11.1. The van der Waals surface area contributed by atoms with Crippen LogP contribution < -0.4 is 19.5 Å². The maximum atomic E-state index is 15.0. The summed E-state index contributed by atoms with van der Waals surface area (Å²) in [5, 5.41) is 3.07. The van der Waals surface area contributed by atoms with Crippen LogP contribution in [0.2, 0.25) is 0 Å². The highest BCUT2D eigenvalue weighted by atomic mass is 16.5. The molecule has 0 aromatic heterocycles. The van der Waals surface area contributed by atoms with E-state index in [9.17, 15) is 14.4 Å². The lowest BCUT2D eigenvalue weighted by molar-refractivity contribution is -0.122. The monoisotopic (exact) mass is 586 g/mol. The molecule has 4 atom stereocenters. The Hall–Kier alpha value is -5.37. The van der Waals surface area contributed by atoms with Gasteiger partial charge in [0.15, 0.2) is 11.6 Å². The predicted molar refractivity (Wildman–Crippen MR) is 165 cm³/mol. The van der Waals surface area contributed by atoms with Gasteiger partial charge in [-0.1, -0.05) is 54.6 Å². The van der Waals surface area contributed by atoms with Crippen LogP contribution in [0, 0.1) is 5.92 Å². The van der Waals surface area contributed by atoms with Gasteiger partial charge in [-0.05, 0) is 53.1 Å². The van der Waals surface area contributed by atoms with Crippen molar-refractivity contribution < 1.29 is 28.6 Å². The quantitative estimate of drug-likeness (QED) is 0.278. The number of Topliss-reactive ketones (excluding diaryl/α,β-unsaturated/α-hetero) is 2. The minimum absolute atomic E-state index is 0.288. The molecule has 220 valence electrons. The first-order chi connectivity index (χ1) is 21.4. The summed E-state index contributed by atoms with van der Waals surface area (Å²) < 4.78 is 16.5. The molecule has 1 saturated heterocycles. The Morgan fingerprint density at radius 3 is 2.34 bits per heavy atom. The van der Waals surface area contributed by atoms with Crippen molar-refractivity contribution in [2.45, 2.75) is 17.5 Å². The molecular formula is C36H30N2O6. The van der Waals surface area contributed by atoms with Crippen molar-refractivity contribution in [1.29, 1.82) is 0 Å². The van der Waals surface area contributed by atoms with E-state index in [1.165, 1.54) is 21.3 Å². The van der Waals surface area contributed by atoms with Crippen LogP contribution in [0.15, 0.2) is 97.2 Å². The summed E-state index contributed by atoms with van der Waals surface area (Å²) in [5.41, 5.74) is 2.30. The molecule has 1 spiro atoms. The Morgan fingerprint density at radius 2 is 1.55 bits per heavy atom. The second kappa shape index (κ2) is 10.4. The van der Waals surface area contributed by atoms with E-state index in [1.54, 1.807) is 42.5 Å². The van der Waals surface area contributed by atoms with Gasteiger partial charge in [0.1, 0.15) is 28.7 Å². The third-order valence-corrected chi connectivity index (χ3v) is 9.15. The number of benzene rings is 4. The summed E-state index contributed by atoms with van der Waals surface area (Å²) in [5.74, 6) is -0.760. The number of hydrogen-bond acceptors (Lipinski definition) is 7. The SMILES string of the molecule is COc1cccc(C(=O)[C@@H]2[C@H](C(=O)c3ccc(OC)cc3OC)N3C=Cc4ccccc4[C@H]3[C@]23C(=O)Nc2ccccc23)c1. The van der Waals surface area contributed by atoms with Crippen molar-refractivity contribution in [2.24, 2.45) is 5.92 Å². The Bertz CT molecular complexity index is 1870. The molecule has 3 aliphatic rings. The number of methoxy groups -OCH3 is 3. The molecule has 0 radical (unpaired) electrons. The average molecular weight is 587 g/mol. The number of amides is 1. The van der Waals surface area contributed by atoms with Crippen LogP contribution in [0.4, 0.5) is 5.69 Å². The highest BCUT2D eigenvalue weighted by Gasteiger charge is 2.70. The number of fused-ring (bicyclic) bond motifs is 6. The van der Waals surface area contributed by atoms with E-state index in [1.807, 2.05) is 65.7 Å². The molecule has 0 unspecified atom stereocenters. The van der Waals surface area contributed by atoms with Crippen LogP contribution in [-0.2, 0) is 10.2 Å². The van der Waals surface area contributed by atoms with Gasteiger partial charge >= 0.3 is 0 Å². The summed E-state index contributed by atoms with van der Waals surface area (Å²) in [7, 11) is 4.56. The van der Waals surface area contributed by atoms with Gasteiger partial charge in [0, 0.05) is 23.5 Å². The second-order valence-electron chi connectivity index (χ2n) is 11.1. The largest absolute Gasteiger partial charge is 0.497 e. The van der Waals surface area contributed by atoms with Crippen LogP contribution >= 0.6 is 0 Å². The molecule has 0 aliphatic carbocycles. The summed E-state index contributed by atoms with van der Waals surface area (Å²) >= 11 is 0. The highest BCUT2D eigenvalue weighted by Crippen LogP contribution is 2.62. The number of para-hydroxylation sites is 1. The van der Waals surface area contributed by atoms with Gasteiger partial charge in [-0.15, -0.1) is 0 Å². The zero-order valence-corrected chi connectivity index (χ0v) is 24.4. The minimum atomic E-state index is -1.43. The first-order valence-corrected chi connectivity index (χ1v) is 14.3. The fourth-order valence-corrected chi connectivity index (χ4v) is 7.29. The third-order valence-electron chi connectivity index (χ3n) is 9.15. The van der Waals surface area contributed by atoms with E-state index in [2.05, 4.69) is 5.32 Å². The van der Waals surface area contributed by atoms with E-state index in [4.69, 9.17) is 14.2 Å². The van der Waals surface area contributed by atoms with Crippen LogP contribution in [0.5, 0.6) is 17.2 Å². The molecule has 1 N–H and O–H groups in total. The Labute approximate surface area is 254 Å². The van der Waals surface area contributed by atoms with E-state index in [0.717, 1.165) is 11.1 Å². The molecule has 1 amide bonds. The lowest BCUT2D eigenvalue weighted by atomic mass is 9.62. The molecule has 4 aromatic rings. The maximum Gasteiger partial charge on any atom is 0.238 e. The normalized spacial score (nSPS) is 22.6. The summed E-state index contributed by atoms with van der Waals surface area (Å²) in [6, 6.07) is 25.4. The summed E-state index contributed by atoms with van der Waals surface area (Å²) in [6.07, 6.45) is 3.78. The number of rotatable bonds is 7. The van der Waals surface area contributed by atoms with Crippen LogP contribution in [0.3, 0.4) is 0 Å². The van der Waals surface area contributed by atoms with Gasteiger partial charge in [0.25, 0.3) is 0 Å². The van der Waals surface area contributed by atoms with E-state index in [-0.39, 0.29) is 23.0 Å². The maximum absolute atomic E-state index is 15.0. The van der Waals surface area contributed by atoms with E-state index >= 15 is 0 Å². The van der Waals surface area contributed by atoms with Gasteiger partial charge in [-0.25, -0.2) is 0 Å². The van der Waals surface area contributed by atoms with Crippen molar-refractivity contribution in [2.75, 3.05) is 26.6 Å². The number of hydrogen-bond donors (Lipinski definition) is 1. The molecule has 8 nitrogen and oxygen atoms in total. The molecule has 8 heteroatoms. The fraction of sp³-hybridized carbons (Fsp3) is 0.194. The lowest BCUT2D eigenvalue weighted by Gasteiger charge is -2.38. The van der Waals surface area contributed by atoms with Crippen molar-refractivity contribution in [3.05, 3.63) is 125 Å². The number of nitrogens with one attached hydrogen (secondary N) is 1. The van der Waals surface area contributed by atoms with Crippen molar-refractivity contribution in [1.82, 2.24) is 4.90 Å². The van der Waals surface area contributed by atoms with Gasteiger partial charge in [0.05, 0.1) is 38.9 Å². The molecule has 44 heavy (non-hydrogen) atoms. The number of ether oxygens (including phenoxy) is 3. The van der Waals surface area contributed by atoms with Gasteiger partial charge in [0.2, 0.25) is 5.91 Å². The van der Waals surface area contributed by atoms with Gasteiger partial charge < -0.3 is 24.4 Å². The van der Waals surface area contributed by atoms with Gasteiger partial charge in [-0.2, -0.15) is 0 Å². The summed E-state index contributed by atoms with van der Waals surface area (Å²) in [6.45, 7) is 0. The van der Waals surface area contributed by atoms with Crippen molar-refractivity contribution in [3.63, 3.8) is 0 Å². The van der Waals surface area contributed by atoms with Crippen LogP contribution in [0.1, 0.15) is 43.4 Å². The molecule has 3 heterocycles. The Kier molecular flexibility index (Phi) is 6.50. The standard InChI is InChI=1S/C36H30N2O6/c1-42-23-11-8-10-22(19-23)32(39)30-31(33(40)26-16-15-24(43-2)20-29(26)44-3)38-18-17-21-9-4-5-12-25(21)34(38)36(30)27-13-6-7-14-28(27)37-35(36)41/h4-20,30-31,34H,1-3H3,(H,37,41)/t30-,31+,34-,36+/m0/s1. The number of carbonyl (C=O) groups excluding carboxylic acids is 3. The molecule has 3 aliphatic heterocycles. The smallest absolute Gasteiger partial charge is 0.238 e. The minimum Gasteiger partial charge on any atom is -0.497 e. The van der Waals surface area contributed by atoms with Crippen molar-refractivity contribution in [3.8, 4) is 17.2 Å². The molecule has 7 rings (SSSR count). The third kappa shape index (κ3) is 3.80. The molecule has 4 aromatic carbocycles. The Morgan fingerprint density at radius 1 is 0.795 bits per heavy atom. The number of nitrogens with zero attached hydrogens (tertiary/aromatic N) is 1. The first-order valence-electron chi connectivity index (χ1n) is 14.3. The lowest BCUT2D eigenvalue weighted by Crippen LogP contribution is -2.49. The molecule has 0 saturated carbocycles. The highest BCUT2D eigenvalue weighted by molar-refractivity contribution is 6.17. The van der Waals surface area contributed by atoms with Crippen LogP contribution in [-0.4, -0.2) is 49.7 Å². The van der Waals surface area contributed by atoms with Gasteiger partial charge in [-0.3, -0.25) is 14.4 Å². The zero-order chi connectivity index (χ0) is 30.6. The fourth-order valence-electron chi connectivity index (χ4n) is 7.29.